The standard InChI is InChI=1S/C19H34Si3/c1-20(2,3)18-14-15-19(21(4,5)6,22(7,8)9)17-13-11-10-12-16(17)18/h10-15,18H,1-9H3/t18-/m0/s1. The predicted molar refractivity (Wildman–Crippen MR) is 110 cm³/mol. The molecule has 0 amide bonds. The second-order valence-electron chi connectivity index (χ2n) is 10.1. The van der Waals surface area contributed by atoms with Crippen LogP contribution in [-0.2, 0) is 4.66 Å². The molecular formula is C19H34Si3. The lowest BCUT2D eigenvalue weighted by molar-refractivity contribution is 0.882. The average Bonchev–Trinajstić information content (AvgIpc) is 2.33. The Bertz CT molecular complexity index is 566. The Morgan fingerprint density at radius 2 is 1.27 bits per heavy atom. The molecule has 0 spiro atoms. The Morgan fingerprint density at radius 1 is 0.773 bits per heavy atom. The molecule has 22 heavy (non-hydrogen) atoms. The van der Waals surface area contributed by atoms with E-state index >= 15 is 0 Å². The minimum absolute atomic E-state index is 0.354. The molecular weight excluding hydrogens is 312 g/mol. The molecule has 1 aromatic carbocycles. The van der Waals surface area contributed by atoms with Crippen LogP contribution in [0.2, 0.25) is 58.9 Å². The van der Waals surface area contributed by atoms with Crippen LogP contribution in [0.3, 0.4) is 0 Å². The Hall–Kier alpha value is -0.389. The monoisotopic (exact) mass is 346 g/mol. The van der Waals surface area contributed by atoms with Crippen molar-refractivity contribution < 1.29 is 0 Å². The highest BCUT2D eigenvalue weighted by Crippen LogP contribution is 2.50. The van der Waals surface area contributed by atoms with E-state index in [1.54, 1.807) is 11.1 Å². The normalized spacial score (nSPS) is 21.6. The van der Waals surface area contributed by atoms with Crippen LogP contribution in [0, 0.1) is 0 Å². The fourth-order valence-corrected chi connectivity index (χ4v) is 18.9. The molecule has 0 aliphatic heterocycles. The molecule has 0 aromatic heterocycles. The first-order valence-corrected chi connectivity index (χ1v) is 19.2. The fourth-order valence-electron chi connectivity index (χ4n) is 4.75. The van der Waals surface area contributed by atoms with Crippen molar-refractivity contribution in [2.24, 2.45) is 0 Å². The van der Waals surface area contributed by atoms with Gasteiger partial charge in [-0.1, -0.05) is 95.3 Å². The van der Waals surface area contributed by atoms with Crippen molar-refractivity contribution in [2.45, 2.75) is 69.1 Å². The van der Waals surface area contributed by atoms with Crippen molar-refractivity contribution >= 4 is 24.2 Å². The van der Waals surface area contributed by atoms with Gasteiger partial charge in [-0.3, -0.25) is 0 Å². The first-order valence-electron chi connectivity index (χ1n) is 8.61. The van der Waals surface area contributed by atoms with Crippen LogP contribution in [0.25, 0.3) is 0 Å². The SMILES string of the molecule is C[Si](C)(C)[C@H]1C=CC([Si](C)(C)C)([Si](C)(C)C)c2ccccc21. The third-order valence-corrected chi connectivity index (χ3v) is 18.0. The summed E-state index contributed by atoms with van der Waals surface area (Å²) in [5, 5.41) is 0. The maximum atomic E-state index is 2.69. The van der Waals surface area contributed by atoms with Crippen LogP contribution < -0.4 is 0 Å². The van der Waals surface area contributed by atoms with E-state index in [0.717, 1.165) is 0 Å². The highest BCUT2D eigenvalue weighted by Gasteiger charge is 2.54. The maximum Gasteiger partial charge on any atom is 0.0570 e. The van der Waals surface area contributed by atoms with Crippen LogP contribution >= 0.6 is 0 Å². The predicted octanol–water partition coefficient (Wildman–Crippen LogP) is 6.21. The average molecular weight is 347 g/mol. The molecule has 1 aliphatic carbocycles. The number of benzene rings is 1. The zero-order valence-corrected chi connectivity index (χ0v) is 19.0. The lowest BCUT2D eigenvalue weighted by Crippen LogP contribution is -2.64. The molecule has 1 aromatic rings. The van der Waals surface area contributed by atoms with Crippen LogP contribution in [-0.4, -0.2) is 24.2 Å². The molecule has 1 atom stereocenters. The van der Waals surface area contributed by atoms with Gasteiger partial charge in [-0.2, -0.15) is 0 Å². The lowest BCUT2D eigenvalue weighted by Gasteiger charge is -2.54. The van der Waals surface area contributed by atoms with Gasteiger partial charge in [0.05, 0.1) is 24.2 Å². The first kappa shape index (κ1) is 18.0. The van der Waals surface area contributed by atoms with Gasteiger partial charge in [0.2, 0.25) is 0 Å². The second-order valence-corrected chi connectivity index (χ2v) is 26.5. The van der Waals surface area contributed by atoms with Crippen LogP contribution in [0.5, 0.6) is 0 Å². The summed E-state index contributed by atoms with van der Waals surface area (Å²) in [4.78, 5) is 0. The van der Waals surface area contributed by atoms with Crippen LogP contribution in [0.15, 0.2) is 36.4 Å². The molecule has 122 valence electrons. The van der Waals surface area contributed by atoms with Gasteiger partial charge in [-0.25, -0.2) is 0 Å². The van der Waals surface area contributed by atoms with Crippen LogP contribution in [0.4, 0.5) is 0 Å². The quantitative estimate of drug-likeness (QED) is 0.451. The smallest absolute Gasteiger partial charge is 0.0570 e. The van der Waals surface area contributed by atoms with Crippen molar-refractivity contribution in [3.63, 3.8) is 0 Å². The summed E-state index contributed by atoms with van der Waals surface area (Å²) in [5.41, 5.74) is 4.00. The lowest BCUT2D eigenvalue weighted by atomic mass is 9.95. The first-order chi connectivity index (χ1) is 9.82. The van der Waals surface area contributed by atoms with E-state index in [4.69, 9.17) is 0 Å². The summed E-state index contributed by atoms with van der Waals surface area (Å²) < 4.78 is 0.354. The van der Waals surface area contributed by atoms with Gasteiger partial charge in [0.25, 0.3) is 0 Å². The van der Waals surface area contributed by atoms with Crippen molar-refractivity contribution in [3.05, 3.63) is 47.5 Å². The molecule has 0 heterocycles. The zero-order chi connectivity index (χ0) is 17.0. The van der Waals surface area contributed by atoms with Gasteiger partial charge < -0.3 is 0 Å². The Labute approximate surface area is 141 Å². The van der Waals surface area contributed by atoms with E-state index < -0.39 is 24.2 Å². The molecule has 0 saturated carbocycles. The molecule has 0 saturated heterocycles. The van der Waals surface area contributed by atoms with Crippen LogP contribution in [0.1, 0.15) is 16.7 Å². The molecule has 0 radical (unpaired) electrons. The molecule has 0 fully saturated rings. The fraction of sp³-hybridized carbons (Fsp3) is 0.579. The summed E-state index contributed by atoms with van der Waals surface area (Å²) in [5.74, 6) is 0. The van der Waals surface area contributed by atoms with E-state index in [0.29, 0.717) is 10.2 Å². The zero-order valence-electron chi connectivity index (χ0n) is 16.0. The molecule has 1 aliphatic rings. The second kappa shape index (κ2) is 5.32. The summed E-state index contributed by atoms with van der Waals surface area (Å²) in [7, 11) is -4.03. The number of fused-ring (bicyclic) bond motifs is 1. The van der Waals surface area contributed by atoms with Crippen molar-refractivity contribution in [2.75, 3.05) is 0 Å². The Balaban J connectivity index is 2.81. The third kappa shape index (κ3) is 2.65. The highest BCUT2D eigenvalue weighted by molar-refractivity contribution is 6.99. The van der Waals surface area contributed by atoms with Gasteiger partial charge in [-0.15, -0.1) is 0 Å². The van der Waals surface area contributed by atoms with Crippen molar-refractivity contribution in [1.29, 1.82) is 0 Å². The largest absolute Gasteiger partial charge is 0.0834 e. The van der Waals surface area contributed by atoms with E-state index in [2.05, 4.69) is 95.3 Å². The molecule has 2 rings (SSSR count). The number of hydrogen-bond donors (Lipinski definition) is 0. The highest BCUT2D eigenvalue weighted by atomic mass is 28.4. The summed E-state index contributed by atoms with van der Waals surface area (Å²) in [6.45, 7) is 23.0. The van der Waals surface area contributed by atoms with Crippen molar-refractivity contribution in [1.82, 2.24) is 0 Å². The summed E-state index contributed by atoms with van der Waals surface area (Å²) >= 11 is 0. The topological polar surface area (TPSA) is 0 Å². The molecule has 0 unspecified atom stereocenters. The molecule has 0 N–H and O–H groups in total. The summed E-state index contributed by atoms with van der Waals surface area (Å²) in [6.07, 6.45) is 5.31. The molecule has 0 bridgehead atoms. The van der Waals surface area contributed by atoms with Gasteiger partial charge in [-0.05, 0) is 16.7 Å². The van der Waals surface area contributed by atoms with Crippen molar-refractivity contribution in [3.8, 4) is 0 Å². The van der Waals surface area contributed by atoms with Gasteiger partial charge in [0.15, 0.2) is 0 Å². The molecule has 3 heteroatoms. The van der Waals surface area contributed by atoms with Gasteiger partial charge in [0, 0.05) is 4.66 Å². The third-order valence-electron chi connectivity index (χ3n) is 5.56. The minimum atomic E-state index is -1.39. The van der Waals surface area contributed by atoms with E-state index in [-0.39, 0.29) is 0 Å². The Morgan fingerprint density at radius 3 is 1.73 bits per heavy atom. The minimum Gasteiger partial charge on any atom is -0.0834 e. The number of hydrogen-bond acceptors (Lipinski definition) is 0. The van der Waals surface area contributed by atoms with E-state index in [9.17, 15) is 0 Å². The van der Waals surface area contributed by atoms with Gasteiger partial charge in [0.1, 0.15) is 0 Å². The van der Waals surface area contributed by atoms with E-state index in [1.807, 2.05) is 0 Å². The molecule has 0 nitrogen and oxygen atoms in total. The summed E-state index contributed by atoms with van der Waals surface area (Å²) in [6, 6.07) is 9.41. The van der Waals surface area contributed by atoms with Gasteiger partial charge >= 0.3 is 0 Å². The number of rotatable bonds is 3. The van der Waals surface area contributed by atoms with E-state index in [1.165, 1.54) is 0 Å². The number of allylic oxidation sites excluding steroid dienone is 2. The maximum absolute atomic E-state index is 2.69. The Kier molecular flexibility index (Phi) is 4.34.